The molecule has 12 heteroatoms. The summed E-state index contributed by atoms with van der Waals surface area (Å²) in [5, 5.41) is 3.34. The minimum atomic E-state index is -5.06. The van der Waals surface area contributed by atoms with Crippen molar-refractivity contribution in [3.8, 4) is 11.1 Å². The Balaban J connectivity index is 1.82. The van der Waals surface area contributed by atoms with Gasteiger partial charge in [-0.05, 0) is 80.8 Å². The van der Waals surface area contributed by atoms with E-state index in [1.165, 1.54) is 44.1 Å². The summed E-state index contributed by atoms with van der Waals surface area (Å²) in [5.41, 5.74) is -3.33. The average molecular weight is 597 g/mol. The number of anilines is 2. The second kappa shape index (κ2) is 11.2. The van der Waals surface area contributed by atoms with Gasteiger partial charge in [0.25, 0.3) is 0 Å². The van der Waals surface area contributed by atoms with Gasteiger partial charge in [-0.25, -0.2) is 9.37 Å². The van der Waals surface area contributed by atoms with E-state index in [2.05, 4.69) is 15.2 Å². The summed E-state index contributed by atoms with van der Waals surface area (Å²) in [6, 6.07) is 7.28. The first-order valence-electron chi connectivity index (χ1n) is 13.2. The Hall–Kier alpha value is -3.67. The van der Waals surface area contributed by atoms with Gasteiger partial charge in [0.05, 0.1) is 28.4 Å². The number of carbonyl (C=O) groups is 1. The van der Waals surface area contributed by atoms with Gasteiger partial charge >= 0.3 is 12.4 Å². The number of pyridine rings is 1. The van der Waals surface area contributed by atoms with Gasteiger partial charge in [-0.1, -0.05) is 6.07 Å². The van der Waals surface area contributed by atoms with Gasteiger partial charge in [0.15, 0.2) is 0 Å². The fourth-order valence-electron chi connectivity index (χ4n) is 5.13. The Morgan fingerprint density at radius 3 is 2.10 bits per heavy atom. The van der Waals surface area contributed by atoms with E-state index >= 15 is 0 Å². The predicted molar refractivity (Wildman–Crippen MR) is 147 cm³/mol. The van der Waals surface area contributed by atoms with Crippen molar-refractivity contribution in [3.63, 3.8) is 0 Å². The van der Waals surface area contributed by atoms with Crippen LogP contribution < -0.4 is 15.1 Å². The molecule has 0 aliphatic carbocycles. The number of likely N-dealkylation sites (N-methyl/N-ethyl adjacent to an activating group) is 1. The number of hydrogen-bond donors (Lipinski definition) is 1. The number of nitrogens with one attached hydrogen (secondary N) is 1. The van der Waals surface area contributed by atoms with Crippen LogP contribution >= 0.6 is 0 Å². The largest absolute Gasteiger partial charge is 0.416 e. The number of nitrogens with zero attached hydrogens (tertiary/aromatic N) is 3. The van der Waals surface area contributed by atoms with Gasteiger partial charge in [0.1, 0.15) is 11.6 Å². The Morgan fingerprint density at radius 2 is 1.55 bits per heavy atom. The lowest BCUT2D eigenvalue weighted by atomic mass is 9.81. The van der Waals surface area contributed by atoms with Crippen molar-refractivity contribution >= 4 is 17.4 Å². The van der Waals surface area contributed by atoms with Crippen LogP contribution in [0.1, 0.15) is 43.0 Å². The second-order valence-corrected chi connectivity index (χ2v) is 11.1. The quantitative estimate of drug-likeness (QED) is 0.323. The van der Waals surface area contributed by atoms with Crippen LogP contribution in [0.25, 0.3) is 11.1 Å². The molecule has 0 unspecified atom stereocenters. The second-order valence-electron chi connectivity index (χ2n) is 11.1. The van der Waals surface area contributed by atoms with Crippen LogP contribution in [0.3, 0.4) is 0 Å². The minimum Gasteiger partial charge on any atom is -0.354 e. The summed E-state index contributed by atoms with van der Waals surface area (Å²) < 4.78 is 95.4. The van der Waals surface area contributed by atoms with Crippen LogP contribution in [-0.2, 0) is 22.6 Å². The van der Waals surface area contributed by atoms with Gasteiger partial charge in [-0.15, -0.1) is 0 Å². The molecule has 0 bridgehead atoms. The summed E-state index contributed by atoms with van der Waals surface area (Å²) >= 11 is 0. The maximum Gasteiger partial charge on any atom is 0.416 e. The summed E-state index contributed by atoms with van der Waals surface area (Å²) in [4.78, 5) is 21.7. The smallest absolute Gasteiger partial charge is 0.354 e. The topological polar surface area (TPSA) is 48.5 Å². The van der Waals surface area contributed by atoms with E-state index in [9.17, 15) is 35.5 Å². The van der Waals surface area contributed by atoms with Crippen LogP contribution in [-0.4, -0.2) is 43.6 Å². The molecule has 1 amide bonds. The lowest BCUT2D eigenvalue weighted by Gasteiger charge is -2.34. The fraction of sp³-hybridized carbons (Fsp3) is 0.400. The molecule has 3 aromatic rings. The number of amides is 1. The first-order chi connectivity index (χ1) is 19.4. The Kier molecular flexibility index (Phi) is 8.34. The van der Waals surface area contributed by atoms with E-state index in [0.717, 1.165) is 6.54 Å². The van der Waals surface area contributed by atoms with E-state index in [1.807, 2.05) is 6.92 Å². The van der Waals surface area contributed by atoms with Crippen molar-refractivity contribution in [2.45, 2.75) is 51.5 Å². The van der Waals surface area contributed by atoms with Gasteiger partial charge in [0, 0.05) is 38.3 Å². The van der Waals surface area contributed by atoms with Crippen LogP contribution in [0, 0.1) is 12.7 Å². The number of rotatable bonds is 5. The third kappa shape index (κ3) is 6.38. The highest BCUT2D eigenvalue weighted by molar-refractivity contribution is 6.03. The summed E-state index contributed by atoms with van der Waals surface area (Å²) in [5.74, 6) is -0.612. The number of aryl methyl sites for hydroxylation is 1. The summed E-state index contributed by atoms with van der Waals surface area (Å²) in [7, 11) is 1.38. The SMILES string of the molecule is Cc1cc(F)ccc1-c1cc(N2CCN[C@H](C)C2)ncc1N(C)C(=O)C(C)(C)c1cc(C(F)(F)F)cc(C(F)(F)F)c1. The van der Waals surface area contributed by atoms with Crippen molar-refractivity contribution in [1.29, 1.82) is 0 Å². The first-order valence-corrected chi connectivity index (χ1v) is 13.2. The maximum atomic E-state index is 14.0. The molecule has 42 heavy (non-hydrogen) atoms. The van der Waals surface area contributed by atoms with Crippen LogP contribution in [0.15, 0.2) is 48.7 Å². The summed E-state index contributed by atoms with van der Waals surface area (Å²) in [6.45, 7) is 8.31. The average Bonchev–Trinajstić information content (AvgIpc) is 2.90. The molecule has 2 heterocycles. The van der Waals surface area contributed by atoms with Crippen LogP contribution in [0.5, 0.6) is 0 Å². The molecule has 226 valence electrons. The zero-order chi connectivity index (χ0) is 31.2. The van der Waals surface area contributed by atoms with E-state index < -0.39 is 46.2 Å². The number of benzene rings is 2. The van der Waals surface area contributed by atoms with Crippen molar-refractivity contribution in [2.24, 2.45) is 0 Å². The molecule has 5 nitrogen and oxygen atoms in total. The van der Waals surface area contributed by atoms with Gasteiger partial charge < -0.3 is 15.1 Å². The monoisotopic (exact) mass is 596 g/mol. The Morgan fingerprint density at radius 1 is 0.952 bits per heavy atom. The maximum absolute atomic E-state index is 14.0. The minimum absolute atomic E-state index is 0.0306. The number of piperazine rings is 1. The Bertz CT molecular complexity index is 1450. The van der Waals surface area contributed by atoms with E-state index in [-0.39, 0.29) is 17.8 Å². The van der Waals surface area contributed by atoms with Crippen molar-refractivity contribution in [1.82, 2.24) is 10.3 Å². The molecule has 0 radical (unpaired) electrons. The number of aromatic nitrogens is 1. The van der Waals surface area contributed by atoms with Gasteiger partial charge in [-0.3, -0.25) is 4.79 Å². The highest BCUT2D eigenvalue weighted by atomic mass is 19.4. The molecular formula is C30H31F7N4O. The van der Waals surface area contributed by atoms with E-state index in [0.29, 0.717) is 47.7 Å². The van der Waals surface area contributed by atoms with Gasteiger partial charge in [0.2, 0.25) is 5.91 Å². The molecule has 1 fully saturated rings. The van der Waals surface area contributed by atoms with Crippen LogP contribution in [0.4, 0.5) is 42.2 Å². The zero-order valence-corrected chi connectivity index (χ0v) is 23.7. The lowest BCUT2D eigenvalue weighted by molar-refractivity contribution is -0.143. The molecule has 1 aliphatic heterocycles. The molecule has 0 spiro atoms. The lowest BCUT2D eigenvalue weighted by Crippen LogP contribution is -2.49. The number of alkyl halides is 6. The molecule has 1 aromatic heterocycles. The highest BCUT2D eigenvalue weighted by Crippen LogP contribution is 2.41. The van der Waals surface area contributed by atoms with Crippen molar-refractivity contribution in [2.75, 3.05) is 36.5 Å². The molecule has 2 aromatic carbocycles. The van der Waals surface area contributed by atoms with E-state index in [1.54, 1.807) is 19.1 Å². The molecular weight excluding hydrogens is 565 g/mol. The molecule has 4 rings (SSSR count). The van der Waals surface area contributed by atoms with Crippen molar-refractivity contribution in [3.05, 3.63) is 76.7 Å². The molecule has 1 N–H and O–H groups in total. The zero-order valence-electron chi connectivity index (χ0n) is 23.7. The molecule has 1 atom stereocenters. The number of halogens is 7. The van der Waals surface area contributed by atoms with Crippen LogP contribution in [0.2, 0.25) is 0 Å². The number of hydrogen-bond acceptors (Lipinski definition) is 4. The third-order valence-electron chi connectivity index (χ3n) is 7.55. The third-order valence-corrected chi connectivity index (χ3v) is 7.55. The number of carbonyl (C=O) groups excluding carboxylic acids is 1. The predicted octanol–water partition coefficient (Wildman–Crippen LogP) is 6.97. The first kappa shape index (κ1) is 31.3. The molecule has 0 saturated carbocycles. The standard InChI is InChI=1S/C30H31F7N4O/c1-17-10-22(31)6-7-23(17)24-14-26(41-9-8-38-18(2)16-41)39-15-25(24)40(5)27(42)28(3,4)19-11-20(29(32,33)34)13-21(12-19)30(35,36)37/h6-7,10-15,18,38H,8-9,16H2,1-5H3/t18-/m1/s1. The molecule has 1 aliphatic rings. The van der Waals surface area contributed by atoms with Crippen molar-refractivity contribution < 1.29 is 35.5 Å². The molecule has 1 saturated heterocycles. The highest BCUT2D eigenvalue weighted by Gasteiger charge is 2.41. The van der Waals surface area contributed by atoms with E-state index in [4.69, 9.17) is 0 Å². The Labute approximate surface area is 239 Å². The van der Waals surface area contributed by atoms with Gasteiger partial charge in [-0.2, -0.15) is 26.3 Å². The summed E-state index contributed by atoms with van der Waals surface area (Å²) in [6.07, 6.45) is -8.67. The fourth-order valence-corrected chi connectivity index (χ4v) is 5.13. The normalized spacial score (nSPS) is 16.5.